The van der Waals surface area contributed by atoms with Crippen LogP contribution >= 0.6 is 7.28 Å². The Bertz CT molecular complexity index is 675. The van der Waals surface area contributed by atoms with Crippen LogP contribution in [0, 0.1) is 0 Å². The predicted octanol–water partition coefficient (Wildman–Crippen LogP) is 12.3. The van der Waals surface area contributed by atoms with Crippen LogP contribution in [-0.4, -0.2) is 22.1 Å². The van der Waals surface area contributed by atoms with E-state index in [1.807, 2.05) is 18.2 Å². The van der Waals surface area contributed by atoms with Gasteiger partial charge in [0.2, 0.25) is 0 Å². The zero-order chi connectivity index (χ0) is 29.2. The van der Waals surface area contributed by atoms with Crippen LogP contribution in [0.25, 0.3) is 0 Å². The molecule has 0 aliphatic heterocycles. The van der Waals surface area contributed by atoms with Gasteiger partial charge in [-0.3, -0.25) is 0 Å². The van der Waals surface area contributed by atoms with Crippen LogP contribution in [0.2, 0.25) is 0 Å². The molecule has 0 heterocycles. The van der Waals surface area contributed by atoms with Crippen molar-refractivity contribution in [2.75, 3.05) is 12.3 Å². The van der Waals surface area contributed by atoms with Crippen LogP contribution in [0.3, 0.4) is 0 Å². The molecule has 1 rings (SSSR count). The van der Waals surface area contributed by atoms with Gasteiger partial charge >= 0.3 is 237 Å². The third-order valence-corrected chi connectivity index (χ3v) is 11.6. The van der Waals surface area contributed by atoms with Gasteiger partial charge < -0.3 is 0 Å². The van der Waals surface area contributed by atoms with Crippen molar-refractivity contribution < 1.29 is 14.3 Å². The molecule has 0 unspecified atom stereocenters. The summed E-state index contributed by atoms with van der Waals surface area (Å²) in [7, 11) is -4.24. The summed E-state index contributed by atoms with van der Waals surface area (Å²) in [6, 6.07) is 8.04. The molecule has 236 valence electrons. The maximum atomic E-state index is 11.8. The first-order valence-electron chi connectivity index (χ1n) is 17.7. The summed E-state index contributed by atoms with van der Waals surface area (Å²) in [5.74, 6) is 0.699. The zero-order valence-corrected chi connectivity index (χ0v) is 28.0. The third-order valence-electron chi connectivity index (χ3n) is 8.50. The molecule has 1 aromatic carbocycles. The van der Waals surface area contributed by atoms with Crippen molar-refractivity contribution in [1.82, 2.24) is 0 Å². The number of hydrogen-bond donors (Lipinski definition) is 2. The van der Waals surface area contributed by atoms with Crippen LogP contribution in [-0.2, 0) is 6.42 Å². The van der Waals surface area contributed by atoms with Crippen molar-refractivity contribution >= 4 is 7.28 Å². The molecule has 0 radical (unpaired) electrons. The van der Waals surface area contributed by atoms with Crippen LogP contribution in [0.1, 0.15) is 180 Å². The van der Waals surface area contributed by atoms with Gasteiger partial charge in [0.1, 0.15) is 0 Å². The van der Waals surface area contributed by atoms with E-state index in [2.05, 4.69) is 26.8 Å². The zero-order valence-electron chi connectivity index (χ0n) is 27.2. The summed E-state index contributed by atoms with van der Waals surface area (Å²) in [6.45, 7) is 6.74. The van der Waals surface area contributed by atoms with E-state index in [1.54, 1.807) is 0 Å². The Morgan fingerprint density at radius 3 is 1.23 bits per heavy atom. The number of aryl methyl sites for hydroxylation is 1. The number of hydrogen-bond acceptors (Lipinski definition) is 3. The second-order valence-electron chi connectivity index (χ2n) is 12.6. The second-order valence-corrected chi connectivity index (χ2v) is 16.3. The van der Waals surface area contributed by atoms with Crippen molar-refractivity contribution in [2.24, 2.45) is 0 Å². The summed E-state index contributed by atoms with van der Waals surface area (Å²) in [5.41, 5.74) is 1.11. The van der Waals surface area contributed by atoms with Crippen molar-refractivity contribution in [3.63, 3.8) is 0 Å². The van der Waals surface area contributed by atoms with E-state index in [4.69, 9.17) is 4.52 Å². The van der Waals surface area contributed by atoms with Crippen molar-refractivity contribution in [1.29, 1.82) is 0 Å². The van der Waals surface area contributed by atoms with Gasteiger partial charge in [0.05, 0.1) is 0 Å². The number of para-hydroxylation sites is 1. The van der Waals surface area contributed by atoms with Gasteiger partial charge in [-0.1, -0.05) is 13.8 Å². The van der Waals surface area contributed by atoms with E-state index in [9.17, 15) is 9.79 Å². The van der Waals surface area contributed by atoms with Gasteiger partial charge in [-0.15, -0.1) is 0 Å². The van der Waals surface area contributed by atoms with Gasteiger partial charge in [0.15, 0.2) is 0 Å². The molecular formula is C36H69O3P. The summed E-state index contributed by atoms with van der Waals surface area (Å²) in [4.78, 5) is 23.7. The number of rotatable bonds is 29. The van der Waals surface area contributed by atoms with E-state index >= 15 is 0 Å². The average Bonchev–Trinajstić information content (AvgIpc) is 2.94. The van der Waals surface area contributed by atoms with Crippen molar-refractivity contribution in [3.8, 4) is 5.75 Å². The second kappa shape index (κ2) is 23.9. The summed E-state index contributed by atoms with van der Waals surface area (Å²) in [6.07, 6.45) is 31.6. The van der Waals surface area contributed by atoms with Crippen LogP contribution < -0.4 is 4.52 Å². The summed E-state index contributed by atoms with van der Waals surface area (Å²) >= 11 is 0. The van der Waals surface area contributed by atoms with E-state index in [1.165, 1.54) is 116 Å². The molecule has 4 heteroatoms. The monoisotopic (exact) mass is 580 g/mol. The Hall–Kier alpha value is -0.630. The Morgan fingerprint density at radius 1 is 0.475 bits per heavy atom. The quantitative estimate of drug-likeness (QED) is 0.0732. The van der Waals surface area contributed by atoms with Gasteiger partial charge in [-0.05, 0) is 0 Å². The molecule has 1 aromatic rings. The van der Waals surface area contributed by atoms with E-state index in [-0.39, 0.29) is 0 Å². The first-order chi connectivity index (χ1) is 19.4. The fourth-order valence-electron chi connectivity index (χ4n) is 5.78. The molecule has 0 saturated heterocycles. The molecule has 0 aliphatic carbocycles. The molecule has 40 heavy (non-hydrogen) atoms. The first kappa shape index (κ1) is 37.4. The molecule has 0 aromatic heterocycles. The van der Waals surface area contributed by atoms with Crippen LogP contribution in [0.15, 0.2) is 24.3 Å². The van der Waals surface area contributed by atoms with Gasteiger partial charge in [0, 0.05) is 0 Å². The fourth-order valence-corrected chi connectivity index (χ4v) is 8.54. The van der Waals surface area contributed by atoms with Gasteiger partial charge in [-0.25, -0.2) is 0 Å². The fraction of sp³-hybridized carbons (Fsp3) is 0.833. The van der Waals surface area contributed by atoms with E-state index < -0.39 is 7.28 Å². The van der Waals surface area contributed by atoms with E-state index in [0.29, 0.717) is 18.1 Å². The Morgan fingerprint density at radius 2 is 0.825 bits per heavy atom. The molecule has 0 bridgehead atoms. The summed E-state index contributed by atoms with van der Waals surface area (Å²) in [5, 5.41) is 0. The first-order valence-corrected chi connectivity index (χ1v) is 20.2. The maximum absolute atomic E-state index is 11.8. The molecule has 0 saturated carbocycles. The van der Waals surface area contributed by atoms with Crippen LogP contribution in [0.5, 0.6) is 5.75 Å². The topological polar surface area (TPSA) is 49.7 Å². The summed E-state index contributed by atoms with van der Waals surface area (Å²) < 4.78 is 6.34. The van der Waals surface area contributed by atoms with Gasteiger partial charge in [-0.2, -0.15) is 0 Å². The standard InChI is InChI=1S/C36H69O3P/c1-4-7-10-12-14-16-18-20-22-24-28-33-40(37,38,39-36-32-27-26-31-35(36)30-9-6-3)34-29-25-23-21-19-17-15-13-11-8-5-2/h26-27,31-32,37-38H,4-25,28-30,33-34H2,1-3H3. The Balaban J connectivity index is 2.51. The molecule has 0 fully saturated rings. The average molecular weight is 581 g/mol. The SMILES string of the molecule is CCCCCCCCCCCCCP(O)(O)(CCCCCCCCCCCCC)Oc1ccccc1CCCC. The van der Waals surface area contributed by atoms with Crippen molar-refractivity contribution in [2.45, 2.75) is 181 Å². The minimum atomic E-state index is -4.24. The Kier molecular flexibility index (Phi) is 22.3. The van der Waals surface area contributed by atoms with E-state index in [0.717, 1.165) is 50.5 Å². The molecule has 2 N–H and O–H groups in total. The molecule has 0 aliphatic rings. The molecule has 0 amide bonds. The molecule has 0 atom stereocenters. The normalized spacial score (nSPS) is 12.9. The van der Waals surface area contributed by atoms with Crippen LogP contribution in [0.4, 0.5) is 0 Å². The van der Waals surface area contributed by atoms with Crippen molar-refractivity contribution in [3.05, 3.63) is 29.8 Å². The van der Waals surface area contributed by atoms with Gasteiger partial charge in [0.25, 0.3) is 0 Å². The third kappa shape index (κ3) is 19.5. The Labute approximate surface area is 250 Å². The molecule has 3 nitrogen and oxygen atoms in total. The number of unbranched alkanes of at least 4 members (excludes halogenated alkanes) is 21. The predicted molar refractivity (Wildman–Crippen MR) is 180 cm³/mol. The molecule has 0 spiro atoms. The molecular weight excluding hydrogens is 511 g/mol. The number of benzene rings is 1. The minimum absolute atomic E-state index is 0.405.